The van der Waals surface area contributed by atoms with Crippen molar-refractivity contribution in [3.8, 4) is 0 Å². The predicted molar refractivity (Wildman–Crippen MR) is 170 cm³/mol. The van der Waals surface area contributed by atoms with Crippen molar-refractivity contribution < 1.29 is 28.7 Å². The second-order valence-corrected chi connectivity index (χ2v) is 13.1. The molecule has 45 heavy (non-hydrogen) atoms. The first-order valence-corrected chi connectivity index (χ1v) is 16.0. The lowest BCUT2D eigenvalue weighted by Gasteiger charge is -2.35. The molecule has 1 aliphatic heterocycles. The maximum atomic E-state index is 13.8. The second-order valence-electron chi connectivity index (χ2n) is 12.7. The fourth-order valence-electron chi connectivity index (χ4n) is 6.40. The average molecular weight is 639 g/mol. The van der Waals surface area contributed by atoms with E-state index in [1.165, 1.54) is 0 Å². The number of primary amides is 1. The molecule has 1 saturated heterocycles. The molecular weight excluding hydrogens is 596 g/mol. The minimum atomic E-state index is -1.30. The fraction of sp³-hybridized carbons (Fsp3) is 0.500. The van der Waals surface area contributed by atoms with E-state index in [-0.39, 0.29) is 18.2 Å². The molecule has 4 amide bonds. The summed E-state index contributed by atoms with van der Waals surface area (Å²) in [6.45, 7) is 4.35. The summed E-state index contributed by atoms with van der Waals surface area (Å²) in [6, 6.07) is 14.3. The molecular formula is C34H43ClN4O6. The lowest BCUT2D eigenvalue weighted by Crippen LogP contribution is -2.54. The van der Waals surface area contributed by atoms with Crippen molar-refractivity contribution in [2.45, 2.75) is 88.8 Å². The number of ketones is 1. The van der Waals surface area contributed by atoms with Crippen LogP contribution in [0.25, 0.3) is 0 Å². The number of ether oxygens (including phenoxy) is 1. The number of halogens is 1. The van der Waals surface area contributed by atoms with Crippen LogP contribution < -0.4 is 21.7 Å². The lowest BCUT2D eigenvalue weighted by atomic mass is 9.76. The van der Waals surface area contributed by atoms with Crippen molar-refractivity contribution in [1.82, 2.24) is 16.0 Å². The van der Waals surface area contributed by atoms with Gasteiger partial charge in [-0.05, 0) is 48.4 Å². The molecule has 5 N–H and O–H groups in total. The zero-order valence-electron chi connectivity index (χ0n) is 25.9. The molecule has 0 radical (unpaired) electrons. The Morgan fingerprint density at radius 1 is 0.956 bits per heavy atom. The molecule has 0 spiro atoms. The Bertz CT molecular complexity index is 1380. The van der Waals surface area contributed by atoms with Gasteiger partial charge in [0.25, 0.3) is 5.91 Å². The Hall–Kier alpha value is -3.92. The highest BCUT2D eigenvalue weighted by atomic mass is 35.5. The van der Waals surface area contributed by atoms with E-state index in [0.29, 0.717) is 24.4 Å². The van der Waals surface area contributed by atoms with Gasteiger partial charge in [0.05, 0.1) is 6.04 Å². The van der Waals surface area contributed by atoms with Crippen LogP contribution in [0.5, 0.6) is 0 Å². The largest absolute Gasteiger partial charge is 0.440 e. The summed E-state index contributed by atoms with van der Waals surface area (Å²) in [5.41, 5.74) is 6.20. The second kappa shape index (κ2) is 15.4. The molecule has 1 heterocycles. The van der Waals surface area contributed by atoms with E-state index in [1.807, 2.05) is 62.4 Å². The van der Waals surface area contributed by atoms with Crippen LogP contribution >= 0.6 is 11.6 Å². The first-order valence-electron chi connectivity index (χ1n) is 15.7. The monoisotopic (exact) mass is 638 g/mol. The minimum absolute atomic E-state index is 0.0656. The van der Waals surface area contributed by atoms with Gasteiger partial charge in [0.1, 0.15) is 12.1 Å². The van der Waals surface area contributed by atoms with Crippen LogP contribution in [0, 0.1) is 11.8 Å². The fourth-order valence-corrected chi connectivity index (χ4v) is 6.59. The molecule has 0 aromatic heterocycles. The molecule has 1 aliphatic carbocycles. The number of carbonyl (C=O) groups excluding carboxylic acids is 5. The quantitative estimate of drug-likeness (QED) is 0.237. The molecule has 242 valence electrons. The summed E-state index contributed by atoms with van der Waals surface area (Å²) in [5, 5.41) is 8.65. The molecule has 1 unspecified atom stereocenters. The number of carbonyl (C=O) groups is 5. The van der Waals surface area contributed by atoms with Crippen LogP contribution in [-0.2, 0) is 29.3 Å². The summed E-state index contributed by atoms with van der Waals surface area (Å²) in [6.07, 6.45) is 4.14. The van der Waals surface area contributed by atoms with E-state index >= 15 is 0 Å². The smallest absolute Gasteiger partial charge is 0.408 e. The van der Waals surface area contributed by atoms with E-state index < -0.39 is 53.2 Å². The van der Waals surface area contributed by atoms with Crippen LogP contribution in [0.15, 0.2) is 54.6 Å². The zero-order valence-corrected chi connectivity index (χ0v) is 26.6. The van der Waals surface area contributed by atoms with Gasteiger partial charge in [-0.15, -0.1) is 0 Å². The number of rotatable bonds is 13. The van der Waals surface area contributed by atoms with Crippen molar-refractivity contribution in [3.05, 3.63) is 70.7 Å². The number of Topliss-reactive ketones (excluding diaryl/α,β-unsaturated/α-hetero) is 1. The van der Waals surface area contributed by atoms with Crippen molar-refractivity contribution in [3.63, 3.8) is 0 Å². The number of amides is 4. The van der Waals surface area contributed by atoms with Gasteiger partial charge in [0.15, 0.2) is 0 Å². The number of alkyl carbamates (subject to hydrolysis) is 1. The van der Waals surface area contributed by atoms with Gasteiger partial charge in [-0.2, -0.15) is 0 Å². The highest BCUT2D eigenvalue weighted by Crippen LogP contribution is 2.40. The minimum Gasteiger partial charge on any atom is -0.440 e. The first kappa shape index (κ1) is 34.0. The van der Waals surface area contributed by atoms with E-state index in [2.05, 4.69) is 16.0 Å². The standard InChI is InChI=1S/C34H43ClN4O6/c1-34(2,24-14-9-15-25(35)20-24)29(22-12-7-4-8-13-22)45-33(44)39-27(18-21-10-5-3-6-11-21)32(43)38-26(28(40)30(36)41)19-23-16-17-37-31(23)42/h4,7-9,12-15,20-21,23,26-27,29H,3,5-6,10-11,16-19H2,1-2H3,(H2,36,41)(H,37,42)(H,38,43)(H,39,44)/t23-,26-,27-,29?/m0/s1. The summed E-state index contributed by atoms with van der Waals surface area (Å²) in [5.74, 6) is -3.46. The van der Waals surface area contributed by atoms with Gasteiger partial charge in [-0.25, -0.2) is 4.79 Å². The summed E-state index contributed by atoms with van der Waals surface area (Å²) in [4.78, 5) is 64.2. The Morgan fingerprint density at radius 3 is 2.29 bits per heavy atom. The molecule has 2 fully saturated rings. The van der Waals surface area contributed by atoms with Gasteiger partial charge < -0.3 is 26.4 Å². The van der Waals surface area contributed by atoms with E-state index in [9.17, 15) is 24.0 Å². The van der Waals surface area contributed by atoms with Crippen LogP contribution in [0.2, 0.25) is 5.02 Å². The number of nitrogens with two attached hydrogens (primary N) is 1. The SMILES string of the molecule is CC(C)(c1cccc(Cl)c1)C(OC(=O)N[C@@H](CC1CCCCC1)C(=O)N[C@@H](C[C@@H]1CCNC1=O)C(=O)C(N)=O)c1ccccc1. The van der Waals surface area contributed by atoms with Crippen LogP contribution in [0.1, 0.15) is 82.4 Å². The Balaban J connectivity index is 1.57. The predicted octanol–water partition coefficient (Wildman–Crippen LogP) is 4.49. The van der Waals surface area contributed by atoms with Gasteiger partial charge in [0, 0.05) is 22.9 Å². The van der Waals surface area contributed by atoms with Gasteiger partial charge >= 0.3 is 6.09 Å². The number of nitrogens with one attached hydrogen (secondary N) is 3. The maximum Gasteiger partial charge on any atom is 0.408 e. The normalized spacial score (nSPS) is 19.1. The van der Waals surface area contributed by atoms with Gasteiger partial charge in [-0.1, -0.05) is 100 Å². The highest BCUT2D eigenvalue weighted by Gasteiger charge is 2.38. The molecule has 10 nitrogen and oxygen atoms in total. The molecule has 11 heteroatoms. The van der Waals surface area contributed by atoms with Crippen molar-refractivity contribution in [2.24, 2.45) is 17.6 Å². The molecule has 4 atom stereocenters. The first-order chi connectivity index (χ1) is 21.5. The topological polar surface area (TPSA) is 157 Å². The average Bonchev–Trinajstić information content (AvgIpc) is 3.43. The number of hydrogen-bond donors (Lipinski definition) is 4. The summed E-state index contributed by atoms with van der Waals surface area (Å²) >= 11 is 6.31. The highest BCUT2D eigenvalue weighted by molar-refractivity contribution is 6.38. The lowest BCUT2D eigenvalue weighted by molar-refractivity contribution is -0.139. The Morgan fingerprint density at radius 2 is 1.67 bits per heavy atom. The third-order valence-corrected chi connectivity index (χ3v) is 9.25. The van der Waals surface area contributed by atoms with Crippen LogP contribution in [0.4, 0.5) is 4.79 Å². The van der Waals surface area contributed by atoms with Crippen LogP contribution in [-0.4, -0.2) is 48.2 Å². The van der Waals surface area contributed by atoms with Crippen LogP contribution in [0.3, 0.4) is 0 Å². The number of hydrogen-bond acceptors (Lipinski definition) is 6. The van der Waals surface area contributed by atoms with Gasteiger partial charge in [0.2, 0.25) is 17.6 Å². The van der Waals surface area contributed by atoms with Crippen molar-refractivity contribution in [2.75, 3.05) is 6.54 Å². The third-order valence-electron chi connectivity index (χ3n) is 9.01. The third kappa shape index (κ3) is 9.06. The van der Waals surface area contributed by atoms with E-state index in [4.69, 9.17) is 22.1 Å². The summed E-state index contributed by atoms with van der Waals surface area (Å²) < 4.78 is 6.11. The van der Waals surface area contributed by atoms with E-state index in [1.54, 1.807) is 6.07 Å². The molecule has 0 bridgehead atoms. The van der Waals surface area contributed by atoms with Crippen molar-refractivity contribution in [1.29, 1.82) is 0 Å². The van der Waals surface area contributed by atoms with Crippen molar-refractivity contribution >= 4 is 41.2 Å². The maximum absolute atomic E-state index is 13.8. The molecule has 1 saturated carbocycles. The van der Waals surface area contributed by atoms with Gasteiger partial charge in [-0.3, -0.25) is 19.2 Å². The molecule has 2 aliphatic rings. The number of benzene rings is 2. The Labute approximate surface area is 269 Å². The molecule has 4 rings (SSSR count). The summed E-state index contributed by atoms with van der Waals surface area (Å²) in [7, 11) is 0. The molecule has 2 aromatic rings. The zero-order chi connectivity index (χ0) is 32.6. The van der Waals surface area contributed by atoms with E-state index in [0.717, 1.165) is 43.2 Å². The molecule has 2 aromatic carbocycles. The Kier molecular flexibility index (Phi) is 11.6.